The molecule has 0 radical (unpaired) electrons. The topological polar surface area (TPSA) is 55.1 Å². The van der Waals surface area contributed by atoms with E-state index >= 15 is 0 Å². The molecule has 17 heavy (non-hydrogen) atoms. The molecule has 0 aromatic carbocycles. The molecule has 1 atom stereocenters. The molecular formula is C14H28N2O. The summed E-state index contributed by atoms with van der Waals surface area (Å²) in [7, 11) is 0. The number of carbonyl (C=O) groups excluding carboxylic acids is 1. The second kappa shape index (κ2) is 8.51. The molecule has 0 spiro atoms. The molecule has 0 aliphatic heterocycles. The first kappa shape index (κ1) is 14.5. The predicted octanol–water partition coefficient (Wildman–Crippen LogP) is 2.59. The van der Waals surface area contributed by atoms with E-state index in [-0.39, 0.29) is 11.9 Å². The third-order valence-corrected chi connectivity index (χ3v) is 3.66. The number of rotatable bonds is 7. The third-order valence-electron chi connectivity index (χ3n) is 3.66. The van der Waals surface area contributed by atoms with Gasteiger partial charge in [0.25, 0.3) is 0 Å². The fourth-order valence-corrected chi connectivity index (χ4v) is 2.55. The molecule has 3 N–H and O–H groups in total. The van der Waals surface area contributed by atoms with E-state index in [1.165, 1.54) is 32.1 Å². The average Bonchev–Trinajstić information content (AvgIpc) is 2.33. The molecule has 1 aliphatic rings. The maximum absolute atomic E-state index is 11.6. The fraction of sp³-hybridized carbons (Fsp3) is 0.929. The lowest BCUT2D eigenvalue weighted by Gasteiger charge is -2.21. The molecule has 0 heterocycles. The predicted molar refractivity (Wildman–Crippen MR) is 71.7 cm³/mol. The monoisotopic (exact) mass is 240 g/mol. The Bertz CT molecular complexity index is 210. The van der Waals surface area contributed by atoms with Crippen LogP contribution in [0.25, 0.3) is 0 Å². The number of nitrogens with one attached hydrogen (secondary N) is 1. The molecule has 0 aromatic rings. The number of amides is 1. The highest BCUT2D eigenvalue weighted by Gasteiger charge is 2.14. The van der Waals surface area contributed by atoms with Crippen LogP contribution >= 0.6 is 0 Å². The zero-order chi connectivity index (χ0) is 12.5. The molecule has 1 saturated carbocycles. The van der Waals surface area contributed by atoms with Gasteiger partial charge in [0, 0.05) is 19.0 Å². The standard InChI is InChI=1S/C14H28N2O/c1-12(15)6-5-11-16-14(17)10-9-13-7-3-2-4-8-13/h12-13H,2-11,15H2,1H3,(H,16,17). The third kappa shape index (κ3) is 7.37. The maximum atomic E-state index is 11.6. The van der Waals surface area contributed by atoms with Gasteiger partial charge in [0.1, 0.15) is 0 Å². The van der Waals surface area contributed by atoms with Crippen LogP contribution in [0.15, 0.2) is 0 Å². The minimum absolute atomic E-state index is 0.222. The Morgan fingerprint density at radius 1 is 1.35 bits per heavy atom. The van der Waals surface area contributed by atoms with Gasteiger partial charge < -0.3 is 11.1 Å². The van der Waals surface area contributed by atoms with E-state index in [1.807, 2.05) is 6.92 Å². The van der Waals surface area contributed by atoms with Gasteiger partial charge in [-0.15, -0.1) is 0 Å². The van der Waals surface area contributed by atoms with Crippen LogP contribution in [0.1, 0.15) is 64.7 Å². The first-order valence-corrected chi connectivity index (χ1v) is 7.20. The Morgan fingerprint density at radius 2 is 2.06 bits per heavy atom. The van der Waals surface area contributed by atoms with E-state index in [0.29, 0.717) is 6.42 Å². The van der Waals surface area contributed by atoms with E-state index in [2.05, 4.69) is 5.32 Å². The van der Waals surface area contributed by atoms with E-state index in [4.69, 9.17) is 5.73 Å². The van der Waals surface area contributed by atoms with Crippen LogP contribution in [0.3, 0.4) is 0 Å². The first-order chi connectivity index (χ1) is 8.18. The summed E-state index contributed by atoms with van der Waals surface area (Å²) in [6.07, 6.45) is 10.6. The van der Waals surface area contributed by atoms with Crippen LogP contribution in [0.5, 0.6) is 0 Å². The van der Waals surface area contributed by atoms with Gasteiger partial charge in [-0.3, -0.25) is 4.79 Å². The summed E-state index contributed by atoms with van der Waals surface area (Å²) in [5.74, 6) is 1.03. The summed E-state index contributed by atoms with van der Waals surface area (Å²) in [5, 5.41) is 2.98. The van der Waals surface area contributed by atoms with Crippen molar-refractivity contribution in [3.05, 3.63) is 0 Å². The average molecular weight is 240 g/mol. The van der Waals surface area contributed by atoms with Crippen LogP contribution in [-0.2, 0) is 4.79 Å². The van der Waals surface area contributed by atoms with Crippen molar-refractivity contribution in [1.82, 2.24) is 5.32 Å². The van der Waals surface area contributed by atoms with Crippen LogP contribution in [0, 0.1) is 5.92 Å². The van der Waals surface area contributed by atoms with Crippen molar-refractivity contribution in [1.29, 1.82) is 0 Å². The van der Waals surface area contributed by atoms with E-state index in [0.717, 1.165) is 31.7 Å². The van der Waals surface area contributed by atoms with Crippen LogP contribution in [-0.4, -0.2) is 18.5 Å². The number of carbonyl (C=O) groups is 1. The van der Waals surface area contributed by atoms with Crippen molar-refractivity contribution in [3.63, 3.8) is 0 Å². The number of hydrogen-bond acceptors (Lipinski definition) is 2. The molecule has 0 aromatic heterocycles. The highest BCUT2D eigenvalue weighted by Crippen LogP contribution is 2.27. The zero-order valence-corrected chi connectivity index (χ0v) is 11.2. The second-order valence-corrected chi connectivity index (χ2v) is 5.51. The molecule has 100 valence electrons. The Kier molecular flexibility index (Phi) is 7.25. The Hall–Kier alpha value is -0.570. The SMILES string of the molecule is CC(N)CCCNC(=O)CCC1CCCCC1. The van der Waals surface area contributed by atoms with Crippen molar-refractivity contribution in [2.75, 3.05) is 6.54 Å². The van der Waals surface area contributed by atoms with E-state index < -0.39 is 0 Å². The smallest absolute Gasteiger partial charge is 0.220 e. The molecular weight excluding hydrogens is 212 g/mol. The molecule has 0 saturated heterocycles. The van der Waals surface area contributed by atoms with Gasteiger partial charge in [-0.25, -0.2) is 0 Å². The van der Waals surface area contributed by atoms with Crippen LogP contribution in [0.2, 0.25) is 0 Å². The van der Waals surface area contributed by atoms with Crippen LogP contribution < -0.4 is 11.1 Å². The largest absolute Gasteiger partial charge is 0.356 e. The molecule has 3 heteroatoms. The second-order valence-electron chi connectivity index (χ2n) is 5.51. The van der Waals surface area contributed by atoms with Gasteiger partial charge in [-0.1, -0.05) is 32.1 Å². The summed E-state index contributed by atoms with van der Waals surface area (Å²) in [6.45, 7) is 2.79. The number of nitrogens with two attached hydrogens (primary N) is 1. The normalized spacial score (nSPS) is 18.9. The molecule has 1 amide bonds. The summed E-state index contributed by atoms with van der Waals surface area (Å²) >= 11 is 0. The van der Waals surface area contributed by atoms with Crippen molar-refractivity contribution < 1.29 is 4.79 Å². The van der Waals surface area contributed by atoms with Crippen molar-refractivity contribution >= 4 is 5.91 Å². The quantitative estimate of drug-likeness (QED) is 0.672. The minimum atomic E-state index is 0.222. The summed E-state index contributed by atoms with van der Waals surface area (Å²) in [5.41, 5.74) is 5.65. The van der Waals surface area contributed by atoms with Gasteiger partial charge in [-0.05, 0) is 32.1 Å². The lowest BCUT2D eigenvalue weighted by Crippen LogP contribution is -2.26. The summed E-state index contributed by atoms with van der Waals surface area (Å²) in [4.78, 5) is 11.6. The van der Waals surface area contributed by atoms with Crippen molar-refractivity contribution in [2.24, 2.45) is 11.7 Å². The highest BCUT2D eigenvalue weighted by molar-refractivity contribution is 5.75. The van der Waals surface area contributed by atoms with Crippen molar-refractivity contribution in [2.45, 2.75) is 70.8 Å². The lowest BCUT2D eigenvalue weighted by molar-refractivity contribution is -0.121. The molecule has 1 aliphatic carbocycles. The molecule has 1 unspecified atom stereocenters. The summed E-state index contributed by atoms with van der Waals surface area (Å²) < 4.78 is 0. The Morgan fingerprint density at radius 3 is 2.71 bits per heavy atom. The van der Waals surface area contributed by atoms with E-state index in [9.17, 15) is 4.79 Å². The van der Waals surface area contributed by atoms with Crippen molar-refractivity contribution in [3.8, 4) is 0 Å². The highest BCUT2D eigenvalue weighted by atomic mass is 16.1. The summed E-state index contributed by atoms with van der Waals surface area (Å²) in [6, 6.07) is 0.245. The van der Waals surface area contributed by atoms with Gasteiger partial charge in [0.05, 0.1) is 0 Å². The Balaban J connectivity index is 1.96. The van der Waals surface area contributed by atoms with Gasteiger partial charge in [0.15, 0.2) is 0 Å². The molecule has 1 rings (SSSR count). The molecule has 3 nitrogen and oxygen atoms in total. The maximum Gasteiger partial charge on any atom is 0.220 e. The number of hydrogen-bond donors (Lipinski definition) is 2. The molecule has 1 fully saturated rings. The van der Waals surface area contributed by atoms with Gasteiger partial charge >= 0.3 is 0 Å². The zero-order valence-electron chi connectivity index (χ0n) is 11.2. The lowest BCUT2D eigenvalue weighted by atomic mass is 9.86. The van der Waals surface area contributed by atoms with Gasteiger partial charge in [0.2, 0.25) is 5.91 Å². The fourth-order valence-electron chi connectivity index (χ4n) is 2.55. The molecule has 0 bridgehead atoms. The van der Waals surface area contributed by atoms with Gasteiger partial charge in [-0.2, -0.15) is 0 Å². The first-order valence-electron chi connectivity index (χ1n) is 7.20. The minimum Gasteiger partial charge on any atom is -0.356 e. The Labute approximate surface area is 106 Å². The van der Waals surface area contributed by atoms with Crippen LogP contribution in [0.4, 0.5) is 0 Å². The van der Waals surface area contributed by atoms with E-state index in [1.54, 1.807) is 0 Å².